The average Bonchev–Trinajstić information content (AvgIpc) is 2.94. The first-order chi connectivity index (χ1) is 12.3. The van der Waals surface area contributed by atoms with Crippen LogP contribution in [0.2, 0.25) is 0 Å². The van der Waals surface area contributed by atoms with Crippen molar-refractivity contribution < 1.29 is 19.4 Å². The molecule has 2 N–H and O–H groups in total. The molecule has 0 saturated carbocycles. The van der Waals surface area contributed by atoms with Gasteiger partial charge in [-0.1, -0.05) is 11.8 Å². The van der Waals surface area contributed by atoms with Gasteiger partial charge in [-0.25, -0.2) is 9.97 Å². The third-order valence-electron chi connectivity index (χ3n) is 3.97. The molecule has 2 aromatic heterocycles. The summed E-state index contributed by atoms with van der Waals surface area (Å²) in [5.74, 6) is -1.20. The fourth-order valence-electron chi connectivity index (χ4n) is 2.71. The van der Waals surface area contributed by atoms with Gasteiger partial charge in [-0.15, -0.1) is 11.3 Å². The van der Waals surface area contributed by atoms with Gasteiger partial charge in [-0.05, 0) is 32.1 Å². The quantitative estimate of drug-likeness (QED) is 0.426. The van der Waals surface area contributed by atoms with E-state index in [1.165, 1.54) is 11.8 Å². The average molecular weight is 395 g/mol. The highest BCUT2D eigenvalue weighted by atomic mass is 32.2. The van der Waals surface area contributed by atoms with E-state index in [2.05, 4.69) is 20.8 Å². The van der Waals surface area contributed by atoms with Gasteiger partial charge in [-0.3, -0.25) is 15.6 Å². The van der Waals surface area contributed by atoms with E-state index in [0.29, 0.717) is 17.6 Å². The summed E-state index contributed by atoms with van der Waals surface area (Å²) < 4.78 is 5.88. The highest BCUT2D eigenvalue weighted by Crippen LogP contribution is 2.41. The number of hydrogen-bond acceptors (Lipinski definition) is 9. The summed E-state index contributed by atoms with van der Waals surface area (Å²) in [5.41, 5.74) is 6.19. The molecule has 1 aliphatic heterocycles. The zero-order chi connectivity index (χ0) is 18.9. The van der Waals surface area contributed by atoms with E-state index in [4.69, 9.17) is 4.74 Å². The molecule has 0 aliphatic carbocycles. The Balaban J connectivity index is 1.91. The van der Waals surface area contributed by atoms with Crippen LogP contribution in [0.3, 0.4) is 0 Å². The van der Waals surface area contributed by atoms with Crippen molar-refractivity contribution in [2.75, 3.05) is 11.7 Å². The highest BCUT2D eigenvalue weighted by molar-refractivity contribution is 7.98. The standard InChI is InChI=1S/C16H20N4O4S2/c1-16(2)6-8-9(7-24-16)26-14-12(8)13(17-15(18-14)25-3)20-19-10(21)4-5-11(22)23/h4-7H2,1-3H3,(H,19,21)(H,22,23)(H,17,18,20)/p-1. The maximum Gasteiger partial charge on any atom is 0.238 e. The normalized spacial score (nSPS) is 15.5. The second-order valence-electron chi connectivity index (χ2n) is 6.51. The smallest absolute Gasteiger partial charge is 0.238 e. The van der Waals surface area contributed by atoms with E-state index < -0.39 is 11.9 Å². The van der Waals surface area contributed by atoms with Crippen LogP contribution in [-0.4, -0.2) is 33.7 Å². The van der Waals surface area contributed by atoms with Crippen molar-refractivity contribution in [1.29, 1.82) is 0 Å². The molecule has 1 amide bonds. The minimum atomic E-state index is -1.26. The summed E-state index contributed by atoms with van der Waals surface area (Å²) in [6.45, 7) is 4.59. The molecule has 0 atom stereocenters. The summed E-state index contributed by atoms with van der Waals surface area (Å²) in [7, 11) is 0. The summed E-state index contributed by atoms with van der Waals surface area (Å²) >= 11 is 2.97. The third-order valence-corrected chi connectivity index (χ3v) is 5.62. The van der Waals surface area contributed by atoms with Crippen LogP contribution in [0.25, 0.3) is 10.2 Å². The van der Waals surface area contributed by atoms with Crippen LogP contribution in [0.15, 0.2) is 5.16 Å². The number of nitrogens with one attached hydrogen (secondary N) is 2. The Kier molecular flexibility index (Phi) is 5.35. The van der Waals surface area contributed by atoms with Gasteiger partial charge in [-0.2, -0.15) is 0 Å². The number of rotatable bonds is 6. The van der Waals surface area contributed by atoms with Crippen molar-refractivity contribution in [2.24, 2.45) is 0 Å². The first-order valence-electron chi connectivity index (χ1n) is 8.04. The van der Waals surface area contributed by atoms with Crippen LogP contribution < -0.4 is 16.0 Å². The Morgan fingerprint density at radius 3 is 2.81 bits per heavy atom. The van der Waals surface area contributed by atoms with E-state index in [9.17, 15) is 14.7 Å². The molecule has 8 nitrogen and oxygen atoms in total. The number of carboxylic acid groups (broad SMARTS) is 1. The molecular weight excluding hydrogens is 376 g/mol. The maximum atomic E-state index is 11.8. The number of thioether (sulfide) groups is 1. The zero-order valence-corrected chi connectivity index (χ0v) is 16.3. The lowest BCUT2D eigenvalue weighted by Crippen LogP contribution is -2.33. The van der Waals surface area contributed by atoms with Crippen LogP contribution in [0, 0.1) is 0 Å². The number of hydrazine groups is 1. The molecule has 3 rings (SSSR count). The summed E-state index contributed by atoms with van der Waals surface area (Å²) in [4.78, 5) is 33.3. The van der Waals surface area contributed by atoms with Gasteiger partial charge in [0, 0.05) is 23.7 Å². The number of anilines is 1. The van der Waals surface area contributed by atoms with Crippen LogP contribution >= 0.6 is 23.1 Å². The van der Waals surface area contributed by atoms with Gasteiger partial charge >= 0.3 is 0 Å². The molecule has 140 valence electrons. The summed E-state index contributed by atoms with van der Waals surface area (Å²) in [6.07, 6.45) is 2.10. The molecule has 0 aromatic carbocycles. The van der Waals surface area contributed by atoms with Crippen LogP contribution in [-0.2, 0) is 27.4 Å². The molecule has 1 aliphatic rings. The van der Waals surface area contributed by atoms with Gasteiger partial charge in [0.05, 0.1) is 17.6 Å². The van der Waals surface area contributed by atoms with Gasteiger partial charge in [0.25, 0.3) is 0 Å². The summed E-state index contributed by atoms with van der Waals surface area (Å²) in [5, 5.41) is 11.9. The number of ether oxygens (including phenoxy) is 1. The van der Waals surface area contributed by atoms with Gasteiger partial charge in [0.2, 0.25) is 5.91 Å². The molecule has 0 saturated heterocycles. The van der Waals surface area contributed by atoms with Crippen LogP contribution in [0.1, 0.15) is 37.1 Å². The van der Waals surface area contributed by atoms with Gasteiger partial charge in [0.1, 0.15) is 4.83 Å². The number of aliphatic carboxylic acids is 1. The number of aromatic nitrogens is 2. The van der Waals surface area contributed by atoms with Crippen LogP contribution in [0.5, 0.6) is 0 Å². The van der Waals surface area contributed by atoms with E-state index >= 15 is 0 Å². The fourth-order valence-corrected chi connectivity index (χ4v) is 4.24. The first-order valence-corrected chi connectivity index (χ1v) is 10.1. The number of amides is 1. The molecular formula is C16H19N4O4S2-. The number of fused-ring (bicyclic) bond motifs is 3. The van der Waals surface area contributed by atoms with Crippen molar-refractivity contribution >= 4 is 51.0 Å². The maximum absolute atomic E-state index is 11.8. The minimum absolute atomic E-state index is 0.165. The van der Waals surface area contributed by atoms with E-state index in [0.717, 1.165) is 27.1 Å². The number of carbonyl (C=O) groups excluding carboxylic acids is 2. The monoisotopic (exact) mass is 395 g/mol. The first kappa shape index (κ1) is 18.9. The lowest BCUT2D eigenvalue weighted by Gasteiger charge is -2.30. The second-order valence-corrected chi connectivity index (χ2v) is 8.37. The lowest BCUT2D eigenvalue weighted by atomic mass is 9.94. The Hall–Kier alpha value is -1.91. The fraction of sp³-hybridized carbons (Fsp3) is 0.500. The minimum Gasteiger partial charge on any atom is -0.550 e. The van der Waals surface area contributed by atoms with E-state index in [1.54, 1.807) is 11.3 Å². The molecule has 0 spiro atoms. The number of carbonyl (C=O) groups is 2. The van der Waals surface area contributed by atoms with Crippen molar-refractivity contribution in [3.05, 3.63) is 10.4 Å². The lowest BCUT2D eigenvalue weighted by molar-refractivity contribution is -0.305. The van der Waals surface area contributed by atoms with Crippen molar-refractivity contribution in [3.63, 3.8) is 0 Å². The molecule has 0 bridgehead atoms. The summed E-state index contributed by atoms with van der Waals surface area (Å²) in [6, 6.07) is 0. The van der Waals surface area contributed by atoms with Gasteiger partial charge in [0.15, 0.2) is 11.0 Å². The Morgan fingerprint density at radius 1 is 1.35 bits per heavy atom. The zero-order valence-electron chi connectivity index (χ0n) is 14.7. The number of nitrogens with zero attached hydrogens (tertiary/aromatic N) is 2. The van der Waals surface area contributed by atoms with Gasteiger partial charge < -0.3 is 14.6 Å². The molecule has 3 heterocycles. The molecule has 10 heteroatoms. The number of hydrogen-bond donors (Lipinski definition) is 2. The Bertz CT molecular complexity index is 866. The van der Waals surface area contributed by atoms with Crippen molar-refractivity contribution in [1.82, 2.24) is 15.4 Å². The largest absolute Gasteiger partial charge is 0.550 e. The molecule has 0 fully saturated rings. The molecule has 0 unspecified atom stereocenters. The number of carboxylic acids is 1. The van der Waals surface area contributed by atoms with Crippen molar-refractivity contribution in [2.45, 2.75) is 50.5 Å². The predicted octanol–water partition coefficient (Wildman–Crippen LogP) is 1.24. The van der Waals surface area contributed by atoms with E-state index in [-0.39, 0.29) is 18.4 Å². The predicted molar refractivity (Wildman–Crippen MR) is 97.8 cm³/mol. The Morgan fingerprint density at radius 2 is 2.12 bits per heavy atom. The number of thiophene rings is 1. The second kappa shape index (κ2) is 7.37. The van der Waals surface area contributed by atoms with Crippen LogP contribution in [0.4, 0.5) is 5.82 Å². The SMILES string of the molecule is CSc1nc(NNC(=O)CCC(=O)[O-])c2c3c(sc2n1)COC(C)(C)C3. The Labute approximate surface area is 158 Å². The molecule has 0 radical (unpaired) electrons. The van der Waals surface area contributed by atoms with Crippen molar-refractivity contribution in [3.8, 4) is 0 Å². The third kappa shape index (κ3) is 4.08. The van der Waals surface area contributed by atoms with E-state index in [1.807, 2.05) is 20.1 Å². The topological polar surface area (TPSA) is 116 Å². The molecule has 2 aromatic rings. The highest BCUT2D eigenvalue weighted by Gasteiger charge is 2.31. The molecule has 26 heavy (non-hydrogen) atoms.